The largest absolute Gasteiger partial charge is 0.480 e. The van der Waals surface area contributed by atoms with Crippen molar-refractivity contribution in [2.75, 3.05) is 0 Å². The first-order chi connectivity index (χ1) is 14.9. The van der Waals surface area contributed by atoms with Crippen LogP contribution in [-0.4, -0.2) is 68.8 Å². The lowest BCUT2D eigenvalue weighted by Crippen LogP contribution is -2.57. The summed E-state index contributed by atoms with van der Waals surface area (Å²) in [5.74, 6) is -4.18. The van der Waals surface area contributed by atoms with Gasteiger partial charge in [-0.05, 0) is 19.3 Å². The van der Waals surface area contributed by atoms with Gasteiger partial charge < -0.3 is 37.5 Å². The number of hydrogen-bond acceptors (Lipinski definition) is 7. The second-order valence-electron chi connectivity index (χ2n) is 7.75. The number of aromatic amines is 1. The lowest BCUT2D eigenvalue weighted by molar-refractivity contribution is -0.142. The van der Waals surface area contributed by atoms with Crippen LogP contribution in [0.15, 0.2) is 12.5 Å². The van der Waals surface area contributed by atoms with Crippen molar-refractivity contribution >= 4 is 29.6 Å². The summed E-state index contributed by atoms with van der Waals surface area (Å²) in [5, 5.41) is 16.6. The van der Waals surface area contributed by atoms with Crippen molar-refractivity contribution in [3.8, 4) is 0 Å². The zero-order chi connectivity index (χ0) is 24.4. The fourth-order valence-corrected chi connectivity index (χ4v) is 2.62. The van der Waals surface area contributed by atoms with Crippen molar-refractivity contribution < 1.29 is 29.1 Å². The van der Waals surface area contributed by atoms with Crippen molar-refractivity contribution in [3.05, 3.63) is 18.2 Å². The van der Waals surface area contributed by atoms with Gasteiger partial charge in [-0.2, -0.15) is 0 Å². The van der Waals surface area contributed by atoms with Crippen LogP contribution < -0.4 is 27.4 Å². The number of carbonyl (C=O) groups excluding carboxylic acids is 4. The summed E-state index contributed by atoms with van der Waals surface area (Å²) in [4.78, 5) is 66.5. The maximum atomic E-state index is 12.8. The van der Waals surface area contributed by atoms with Crippen LogP contribution in [-0.2, 0) is 30.4 Å². The highest BCUT2D eigenvalue weighted by atomic mass is 16.4. The number of rotatable bonds is 13. The molecule has 0 aliphatic heterocycles. The fraction of sp³-hybridized carbons (Fsp3) is 0.579. The Bertz CT molecular complexity index is 811. The molecule has 9 N–H and O–H groups in total. The molecule has 32 heavy (non-hydrogen) atoms. The summed E-state index contributed by atoms with van der Waals surface area (Å²) in [6.07, 6.45) is 2.36. The van der Waals surface area contributed by atoms with Crippen molar-refractivity contribution in [2.45, 2.75) is 64.2 Å². The molecule has 0 fully saturated rings. The van der Waals surface area contributed by atoms with E-state index in [-0.39, 0.29) is 25.2 Å². The van der Waals surface area contributed by atoms with Crippen LogP contribution in [0.25, 0.3) is 0 Å². The number of hydrogen-bond donors (Lipinski definition) is 7. The van der Waals surface area contributed by atoms with Gasteiger partial charge in [0.05, 0.1) is 12.4 Å². The van der Waals surface area contributed by atoms with E-state index >= 15 is 0 Å². The van der Waals surface area contributed by atoms with Gasteiger partial charge in [-0.25, -0.2) is 9.78 Å². The Balaban J connectivity index is 2.89. The molecule has 0 saturated carbocycles. The van der Waals surface area contributed by atoms with Crippen LogP contribution in [0.1, 0.15) is 39.3 Å². The van der Waals surface area contributed by atoms with Gasteiger partial charge in [0.1, 0.15) is 18.1 Å². The maximum Gasteiger partial charge on any atom is 0.326 e. The average Bonchev–Trinajstić information content (AvgIpc) is 3.22. The summed E-state index contributed by atoms with van der Waals surface area (Å²) >= 11 is 0. The number of primary amides is 1. The number of imidazole rings is 1. The normalized spacial score (nSPS) is 14.7. The van der Waals surface area contributed by atoms with Crippen molar-refractivity contribution in [2.24, 2.45) is 17.4 Å². The van der Waals surface area contributed by atoms with Crippen LogP contribution in [0.3, 0.4) is 0 Å². The van der Waals surface area contributed by atoms with Gasteiger partial charge in [0, 0.05) is 24.7 Å². The van der Waals surface area contributed by atoms with E-state index in [1.165, 1.54) is 19.4 Å². The molecule has 0 aliphatic carbocycles. The molecule has 1 aromatic heterocycles. The van der Waals surface area contributed by atoms with E-state index in [2.05, 4.69) is 25.9 Å². The number of aliphatic carboxylic acids is 1. The lowest BCUT2D eigenvalue weighted by Gasteiger charge is -2.24. The number of H-pyrrole nitrogens is 1. The molecule has 178 valence electrons. The Morgan fingerprint density at radius 3 is 2.16 bits per heavy atom. The van der Waals surface area contributed by atoms with Crippen LogP contribution in [0.2, 0.25) is 0 Å². The Morgan fingerprint density at radius 2 is 1.66 bits per heavy atom. The number of nitrogens with one attached hydrogen (secondary N) is 4. The Hall–Kier alpha value is -3.48. The van der Waals surface area contributed by atoms with Crippen LogP contribution in [0, 0.1) is 5.92 Å². The molecule has 4 atom stereocenters. The Kier molecular flexibility index (Phi) is 10.3. The summed E-state index contributed by atoms with van der Waals surface area (Å²) in [7, 11) is 0. The molecule has 0 saturated heterocycles. The minimum atomic E-state index is -1.38. The highest BCUT2D eigenvalue weighted by Gasteiger charge is 2.29. The van der Waals surface area contributed by atoms with E-state index < -0.39 is 53.8 Å². The fourth-order valence-electron chi connectivity index (χ4n) is 2.62. The maximum absolute atomic E-state index is 12.8. The van der Waals surface area contributed by atoms with Gasteiger partial charge in [-0.15, -0.1) is 0 Å². The first kappa shape index (κ1) is 26.6. The summed E-state index contributed by atoms with van der Waals surface area (Å²) in [6.45, 7) is 4.95. The number of carbonyl (C=O) groups is 5. The van der Waals surface area contributed by atoms with Gasteiger partial charge in [-0.3, -0.25) is 19.2 Å². The molecule has 0 aliphatic rings. The highest BCUT2D eigenvalue weighted by molar-refractivity contribution is 5.94. The number of carboxylic acid groups (broad SMARTS) is 1. The number of aromatic nitrogens is 2. The average molecular weight is 454 g/mol. The van der Waals surface area contributed by atoms with E-state index in [0.717, 1.165) is 0 Å². The zero-order valence-electron chi connectivity index (χ0n) is 18.3. The van der Waals surface area contributed by atoms with Crippen LogP contribution >= 0.6 is 0 Å². The first-order valence-corrected chi connectivity index (χ1v) is 10.1. The molecular formula is C19H31N7O6. The van der Waals surface area contributed by atoms with Crippen molar-refractivity contribution in [1.29, 1.82) is 0 Å². The van der Waals surface area contributed by atoms with E-state index in [1.807, 2.05) is 0 Å². The van der Waals surface area contributed by atoms with Gasteiger partial charge in [0.25, 0.3) is 0 Å². The lowest BCUT2D eigenvalue weighted by atomic mass is 10.0. The molecule has 0 bridgehead atoms. The first-order valence-electron chi connectivity index (χ1n) is 10.1. The topological polar surface area (TPSA) is 222 Å². The van der Waals surface area contributed by atoms with Gasteiger partial charge in [0.2, 0.25) is 23.6 Å². The molecule has 0 aromatic carbocycles. The van der Waals surface area contributed by atoms with E-state index in [4.69, 9.17) is 11.5 Å². The second-order valence-corrected chi connectivity index (χ2v) is 7.75. The molecule has 0 radical (unpaired) electrons. The standard InChI is InChI=1S/C19H31N7O6/c1-9(2)15(21)18(30)24-10(3)16(28)26-13(6-11-7-22-8-23-11)17(29)25-12(19(31)32)4-5-14(20)27/h7-10,12-13,15H,4-6,21H2,1-3H3,(H2,20,27)(H,22,23)(H,24,30)(H,25,29)(H,26,28)(H,31,32). The molecule has 4 amide bonds. The molecule has 13 heteroatoms. The quantitative estimate of drug-likeness (QED) is 0.172. The number of nitrogens with two attached hydrogens (primary N) is 2. The highest BCUT2D eigenvalue weighted by Crippen LogP contribution is 2.04. The van der Waals surface area contributed by atoms with Crippen molar-refractivity contribution in [3.63, 3.8) is 0 Å². The third kappa shape index (κ3) is 8.71. The van der Waals surface area contributed by atoms with Gasteiger partial charge >= 0.3 is 5.97 Å². The summed E-state index contributed by atoms with van der Waals surface area (Å²) in [5.41, 5.74) is 11.3. The van der Waals surface area contributed by atoms with Crippen molar-refractivity contribution in [1.82, 2.24) is 25.9 Å². The van der Waals surface area contributed by atoms with Crippen LogP contribution in [0.5, 0.6) is 0 Å². The number of amides is 4. The second kappa shape index (κ2) is 12.4. The molecular weight excluding hydrogens is 422 g/mol. The summed E-state index contributed by atoms with van der Waals surface area (Å²) < 4.78 is 0. The molecule has 1 heterocycles. The van der Waals surface area contributed by atoms with E-state index in [0.29, 0.717) is 5.69 Å². The molecule has 1 rings (SSSR count). The SMILES string of the molecule is CC(NC(=O)C(N)C(C)C)C(=O)NC(Cc1cnc[nH]1)C(=O)NC(CCC(N)=O)C(=O)O. The van der Waals surface area contributed by atoms with Gasteiger partial charge in [0.15, 0.2) is 0 Å². The third-order valence-corrected chi connectivity index (χ3v) is 4.68. The Labute approximate surface area is 185 Å². The number of carboxylic acids is 1. The summed E-state index contributed by atoms with van der Waals surface area (Å²) in [6, 6.07) is -4.38. The predicted molar refractivity (Wildman–Crippen MR) is 113 cm³/mol. The molecule has 0 spiro atoms. The minimum absolute atomic E-state index is 0.0219. The minimum Gasteiger partial charge on any atom is -0.480 e. The van der Waals surface area contributed by atoms with E-state index in [1.54, 1.807) is 13.8 Å². The molecule has 13 nitrogen and oxygen atoms in total. The monoisotopic (exact) mass is 453 g/mol. The smallest absolute Gasteiger partial charge is 0.326 e. The zero-order valence-corrected chi connectivity index (χ0v) is 18.3. The molecule has 4 unspecified atom stereocenters. The Morgan fingerprint density at radius 1 is 1.03 bits per heavy atom. The number of nitrogens with zero attached hydrogens (tertiary/aromatic N) is 1. The van der Waals surface area contributed by atoms with E-state index in [9.17, 15) is 29.1 Å². The third-order valence-electron chi connectivity index (χ3n) is 4.68. The van der Waals surface area contributed by atoms with Gasteiger partial charge in [-0.1, -0.05) is 13.8 Å². The van der Waals surface area contributed by atoms with Crippen LogP contribution in [0.4, 0.5) is 0 Å². The molecule has 1 aromatic rings. The predicted octanol–water partition coefficient (Wildman–Crippen LogP) is -2.24.